The summed E-state index contributed by atoms with van der Waals surface area (Å²) in [6, 6.07) is 0. The minimum Gasteiger partial charge on any atom is -0.400 e. The van der Waals surface area contributed by atoms with Gasteiger partial charge < -0.3 is 14.9 Å². The Morgan fingerprint density at radius 3 is 1.71 bits per heavy atom. The lowest BCUT2D eigenvalue weighted by atomic mass is 9.75. The molecule has 0 spiro atoms. The van der Waals surface area contributed by atoms with Crippen molar-refractivity contribution in [1.29, 1.82) is 0 Å². The van der Waals surface area contributed by atoms with Crippen molar-refractivity contribution in [1.82, 2.24) is 9.80 Å². The summed E-state index contributed by atoms with van der Waals surface area (Å²) in [5.74, 6) is 0.943. The molecule has 2 heterocycles. The molecule has 0 bridgehead atoms. The van der Waals surface area contributed by atoms with Gasteiger partial charge in [-0.1, -0.05) is 53.2 Å². The van der Waals surface area contributed by atoms with Crippen LogP contribution in [0.15, 0.2) is 11.6 Å². The molecule has 24 heavy (non-hydrogen) atoms. The van der Waals surface area contributed by atoms with Crippen LogP contribution >= 0.6 is 0 Å². The van der Waals surface area contributed by atoms with Crippen LogP contribution in [0, 0.1) is 16.7 Å². The second-order valence-corrected chi connectivity index (χ2v) is 9.44. The van der Waals surface area contributed by atoms with E-state index in [1.807, 2.05) is 0 Å². The van der Waals surface area contributed by atoms with E-state index in [1.54, 1.807) is 5.57 Å². The molecule has 0 amide bonds. The molecule has 2 rings (SSSR count). The van der Waals surface area contributed by atoms with E-state index >= 15 is 0 Å². The van der Waals surface area contributed by atoms with Crippen LogP contribution < -0.4 is 0 Å². The Labute approximate surface area is 152 Å². The Morgan fingerprint density at radius 1 is 0.875 bits per heavy atom. The average Bonchev–Trinajstić information content (AvgIpc) is 2.49. The Hall–Kier alpha value is -0.380. The summed E-state index contributed by atoms with van der Waals surface area (Å²) in [5, 5.41) is 7.00. The van der Waals surface area contributed by atoms with Gasteiger partial charge in [0, 0.05) is 20.2 Å². The van der Waals surface area contributed by atoms with Crippen LogP contribution in [-0.2, 0) is 0 Å². The molecule has 0 unspecified atom stereocenters. The first-order valence-corrected chi connectivity index (χ1v) is 9.51. The fourth-order valence-electron chi connectivity index (χ4n) is 3.33. The van der Waals surface area contributed by atoms with Gasteiger partial charge in [0.2, 0.25) is 0 Å². The summed E-state index contributed by atoms with van der Waals surface area (Å²) in [7, 11) is 5.40. The molecular formula is C21H44N2O. The molecule has 0 atom stereocenters. The summed E-state index contributed by atoms with van der Waals surface area (Å²) in [6.07, 6.45) is 6.41. The van der Waals surface area contributed by atoms with Gasteiger partial charge in [-0.2, -0.15) is 0 Å². The summed E-state index contributed by atoms with van der Waals surface area (Å²) >= 11 is 0. The van der Waals surface area contributed by atoms with E-state index in [4.69, 9.17) is 5.11 Å². The van der Waals surface area contributed by atoms with Crippen molar-refractivity contribution in [2.45, 2.75) is 60.8 Å². The van der Waals surface area contributed by atoms with E-state index in [0.717, 1.165) is 19.6 Å². The molecular weight excluding hydrogens is 296 g/mol. The zero-order valence-corrected chi connectivity index (χ0v) is 17.9. The maximum absolute atomic E-state index is 7.00. The van der Waals surface area contributed by atoms with E-state index in [9.17, 15) is 0 Å². The second-order valence-electron chi connectivity index (χ2n) is 9.44. The molecule has 0 aromatic heterocycles. The minimum absolute atomic E-state index is 0.390. The molecule has 1 fully saturated rings. The summed E-state index contributed by atoms with van der Waals surface area (Å²) in [6.45, 7) is 18.9. The summed E-state index contributed by atoms with van der Waals surface area (Å²) in [4.78, 5) is 4.79. The molecule has 1 saturated heterocycles. The van der Waals surface area contributed by atoms with E-state index in [-0.39, 0.29) is 0 Å². The van der Waals surface area contributed by atoms with Gasteiger partial charge in [-0.05, 0) is 63.2 Å². The highest BCUT2D eigenvalue weighted by molar-refractivity contribution is 5.14. The van der Waals surface area contributed by atoms with Crippen LogP contribution in [0.4, 0.5) is 0 Å². The number of aliphatic hydroxyl groups excluding tert-OH is 1. The Balaban J connectivity index is 0.000000400. The molecule has 0 aliphatic carbocycles. The SMILES string of the molecule is CN1CC=C(C(C)(C)C)CC1.CN1CCC(C(C)(C)C)CC1.CO. The number of likely N-dealkylation sites (N-methyl/N-ethyl adjacent to an activating group) is 1. The van der Waals surface area contributed by atoms with Crippen molar-refractivity contribution in [3.8, 4) is 0 Å². The molecule has 0 aromatic carbocycles. The van der Waals surface area contributed by atoms with Gasteiger partial charge in [0.05, 0.1) is 0 Å². The number of rotatable bonds is 0. The Morgan fingerprint density at radius 2 is 1.38 bits per heavy atom. The van der Waals surface area contributed by atoms with Gasteiger partial charge in [0.25, 0.3) is 0 Å². The molecule has 2 aliphatic heterocycles. The van der Waals surface area contributed by atoms with E-state index in [2.05, 4.69) is 71.5 Å². The predicted molar refractivity (Wildman–Crippen MR) is 107 cm³/mol. The number of piperidine rings is 1. The average molecular weight is 341 g/mol. The van der Waals surface area contributed by atoms with Crippen molar-refractivity contribution >= 4 is 0 Å². The lowest BCUT2D eigenvalue weighted by Crippen LogP contribution is -2.35. The van der Waals surface area contributed by atoms with E-state index in [0.29, 0.717) is 10.8 Å². The fourth-order valence-corrected chi connectivity index (χ4v) is 3.33. The van der Waals surface area contributed by atoms with Crippen molar-refractivity contribution in [2.75, 3.05) is 47.4 Å². The Bertz CT molecular complexity index is 355. The van der Waals surface area contributed by atoms with Gasteiger partial charge >= 0.3 is 0 Å². The van der Waals surface area contributed by atoms with Crippen LogP contribution in [-0.4, -0.2) is 62.3 Å². The molecule has 144 valence electrons. The number of likely N-dealkylation sites (tertiary alicyclic amines) is 1. The van der Waals surface area contributed by atoms with Gasteiger partial charge in [0.1, 0.15) is 0 Å². The molecule has 3 nitrogen and oxygen atoms in total. The first kappa shape index (κ1) is 23.6. The monoisotopic (exact) mass is 340 g/mol. The third kappa shape index (κ3) is 9.19. The molecule has 2 aliphatic rings. The number of hydrogen-bond donors (Lipinski definition) is 1. The molecule has 1 N–H and O–H groups in total. The first-order valence-electron chi connectivity index (χ1n) is 9.51. The maximum atomic E-state index is 7.00. The van der Waals surface area contributed by atoms with Gasteiger partial charge in [-0.3, -0.25) is 0 Å². The Kier molecular flexibility index (Phi) is 10.4. The normalized spacial score (nSPS) is 21.2. The minimum atomic E-state index is 0.390. The highest BCUT2D eigenvalue weighted by Crippen LogP contribution is 2.33. The number of nitrogens with zero attached hydrogens (tertiary/aromatic N) is 2. The topological polar surface area (TPSA) is 26.7 Å². The number of hydrogen-bond acceptors (Lipinski definition) is 3. The van der Waals surface area contributed by atoms with Crippen molar-refractivity contribution in [3.63, 3.8) is 0 Å². The molecule has 0 aromatic rings. The highest BCUT2D eigenvalue weighted by atomic mass is 16.2. The summed E-state index contributed by atoms with van der Waals surface area (Å²) in [5.41, 5.74) is 2.54. The van der Waals surface area contributed by atoms with E-state index < -0.39 is 0 Å². The zero-order chi connectivity index (χ0) is 19.0. The van der Waals surface area contributed by atoms with Gasteiger partial charge in [0.15, 0.2) is 0 Å². The van der Waals surface area contributed by atoms with Crippen LogP contribution in [0.2, 0.25) is 0 Å². The molecule has 0 saturated carbocycles. The largest absolute Gasteiger partial charge is 0.400 e. The smallest absolute Gasteiger partial charge is 0.0319 e. The maximum Gasteiger partial charge on any atom is 0.0319 e. The van der Waals surface area contributed by atoms with Crippen molar-refractivity contribution in [2.24, 2.45) is 16.7 Å². The lowest BCUT2D eigenvalue weighted by molar-refractivity contribution is 0.129. The van der Waals surface area contributed by atoms with Crippen LogP contribution in [0.5, 0.6) is 0 Å². The van der Waals surface area contributed by atoms with E-state index in [1.165, 1.54) is 38.9 Å². The molecule has 3 heteroatoms. The lowest BCUT2D eigenvalue weighted by Gasteiger charge is -2.37. The van der Waals surface area contributed by atoms with Crippen LogP contribution in [0.25, 0.3) is 0 Å². The standard InChI is InChI=1S/C10H21N.C10H19N.CH4O/c2*1-10(2,3)9-5-7-11(4)8-6-9;1-2/h9H,5-8H2,1-4H3;5H,6-8H2,1-4H3;2H,1H3. The highest BCUT2D eigenvalue weighted by Gasteiger charge is 2.27. The predicted octanol–water partition coefficient (Wildman–Crippen LogP) is 4.28. The van der Waals surface area contributed by atoms with Crippen molar-refractivity contribution in [3.05, 3.63) is 11.6 Å². The second kappa shape index (κ2) is 10.6. The van der Waals surface area contributed by atoms with Gasteiger partial charge in [-0.15, -0.1) is 0 Å². The zero-order valence-electron chi connectivity index (χ0n) is 17.9. The third-order valence-electron chi connectivity index (χ3n) is 5.32. The van der Waals surface area contributed by atoms with Crippen LogP contribution in [0.3, 0.4) is 0 Å². The van der Waals surface area contributed by atoms with Crippen LogP contribution in [0.1, 0.15) is 60.8 Å². The fraction of sp³-hybridized carbons (Fsp3) is 0.905. The van der Waals surface area contributed by atoms with Crippen molar-refractivity contribution < 1.29 is 5.11 Å². The van der Waals surface area contributed by atoms with Gasteiger partial charge in [-0.25, -0.2) is 0 Å². The number of aliphatic hydroxyl groups is 1. The quantitative estimate of drug-likeness (QED) is 0.667. The molecule has 0 radical (unpaired) electrons. The first-order chi connectivity index (χ1) is 11.0. The summed E-state index contributed by atoms with van der Waals surface area (Å²) < 4.78 is 0. The third-order valence-corrected chi connectivity index (χ3v) is 5.32.